The smallest absolute Gasteiger partial charge is 0.131 e. The van der Waals surface area contributed by atoms with Gasteiger partial charge in [0, 0.05) is 36.8 Å². The van der Waals surface area contributed by atoms with E-state index in [1.165, 1.54) is 31.7 Å². The molecule has 0 aromatic heterocycles. The van der Waals surface area contributed by atoms with E-state index in [1.54, 1.807) is 7.11 Å². The number of benzene rings is 1. The van der Waals surface area contributed by atoms with Crippen molar-refractivity contribution in [1.82, 2.24) is 10.2 Å². The molecule has 0 bridgehead atoms. The first-order valence-electron chi connectivity index (χ1n) is 7.56. The minimum Gasteiger partial charge on any atom is -0.497 e. The Kier molecular flexibility index (Phi) is 4.22. The Morgan fingerprint density at radius 2 is 2.20 bits per heavy atom. The molecule has 1 atom stereocenters. The fourth-order valence-electron chi connectivity index (χ4n) is 2.93. The highest BCUT2D eigenvalue weighted by molar-refractivity contribution is 5.29. The third kappa shape index (κ3) is 3.30. The molecule has 3 rings (SSSR count). The summed E-state index contributed by atoms with van der Waals surface area (Å²) < 4.78 is 19.1. The van der Waals surface area contributed by atoms with Crippen molar-refractivity contribution in [3.63, 3.8) is 0 Å². The van der Waals surface area contributed by atoms with Gasteiger partial charge in [-0.1, -0.05) is 6.07 Å². The third-order valence-electron chi connectivity index (χ3n) is 4.35. The zero-order valence-corrected chi connectivity index (χ0v) is 12.1. The minimum atomic E-state index is -0.162. The molecule has 110 valence electrons. The van der Waals surface area contributed by atoms with Crippen molar-refractivity contribution in [2.45, 2.75) is 44.3 Å². The fraction of sp³-hybridized carbons (Fsp3) is 0.625. The quantitative estimate of drug-likeness (QED) is 0.865. The van der Waals surface area contributed by atoms with Crippen LogP contribution >= 0.6 is 0 Å². The summed E-state index contributed by atoms with van der Waals surface area (Å²) in [6.07, 6.45) is 5.08. The zero-order chi connectivity index (χ0) is 13.9. The van der Waals surface area contributed by atoms with E-state index >= 15 is 0 Å². The van der Waals surface area contributed by atoms with Crippen LogP contribution in [0.4, 0.5) is 4.39 Å². The highest BCUT2D eigenvalue weighted by atomic mass is 19.1. The summed E-state index contributed by atoms with van der Waals surface area (Å²) in [4.78, 5) is 2.40. The predicted octanol–water partition coefficient (Wildman–Crippen LogP) is 2.55. The number of hydrogen-bond donors (Lipinski definition) is 1. The zero-order valence-electron chi connectivity index (χ0n) is 12.1. The van der Waals surface area contributed by atoms with Crippen LogP contribution in [0.15, 0.2) is 18.2 Å². The van der Waals surface area contributed by atoms with E-state index in [1.807, 2.05) is 12.1 Å². The molecule has 1 aromatic rings. The number of rotatable bonds is 6. The second-order valence-electron chi connectivity index (χ2n) is 5.91. The first-order chi connectivity index (χ1) is 9.76. The molecule has 2 fully saturated rings. The van der Waals surface area contributed by atoms with Crippen LogP contribution in [-0.4, -0.2) is 37.2 Å². The molecule has 0 amide bonds. The molecule has 1 aliphatic carbocycles. The summed E-state index contributed by atoms with van der Waals surface area (Å²) in [6.45, 7) is 2.82. The number of hydrogen-bond acceptors (Lipinski definition) is 3. The lowest BCUT2D eigenvalue weighted by atomic mass is 10.1. The average molecular weight is 278 g/mol. The van der Waals surface area contributed by atoms with Crippen LogP contribution in [0.25, 0.3) is 0 Å². The number of likely N-dealkylation sites (tertiary alicyclic amines) is 1. The average Bonchev–Trinajstić information content (AvgIpc) is 3.18. The van der Waals surface area contributed by atoms with Gasteiger partial charge in [0.15, 0.2) is 0 Å². The highest BCUT2D eigenvalue weighted by Crippen LogP contribution is 2.24. The third-order valence-corrected chi connectivity index (χ3v) is 4.35. The lowest BCUT2D eigenvalue weighted by molar-refractivity contribution is 0.235. The molecular weight excluding hydrogens is 255 g/mol. The van der Waals surface area contributed by atoms with Gasteiger partial charge in [-0.3, -0.25) is 4.90 Å². The molecule has 4 heteroatoms. The van der Waals surface area contributed by atoms with Crippen molar-refractivity contribution < 1.29 is 9.13 Å². The van der Waals surface area contributed by atoms with Crippen molar-refractivity contribution in [2.75, 3.05) is 20.2 Å². The molecule has 1 saturated carbocycles. The maximum absolute atomic E-state index is 14.0. The van der Waals surface area contributed by atoms with Crippen LogP contribution < -0.4 is 10.1 Å². The Balaban J connectivity index is 1.60. The number of nitrogens with zero attached hydrogens (tertiary/aromatic N) is 1. The van der Waals surface area contributed by atoms with Crippen LogP contribution in [0.1, 0.15) is 31.2 Å². The maximum atomic E-state index is 14.0. The van der Waals surface area contributed by atoms with Crippen LogP contribution in [-0.2, 0) is 6.54 Å². The van der Waals surface area contributed by atoms with E-state index in [9.17, 15) is 4.39 Å². The SMILES string of the molecule is COc1ccc(CN2CCCC2CNC2CC2)c(F)c1. The molecular formula is C16H23FN2O. The van der Waals surface area contributed by atoms with Crippen molar-refractivity contribution in [2.24, 2.45) is 0 Å². The Hall–Kier alpha value is -1.13. The van der Waals surface area contributed by atoms with Crippen molar-refractivity contribution in [1.29, 1.82) is 0 Å². The fourth-order valence-corrected chi connectivity index (χ4v) is 2.93. The number of halogens is 1. The summed E-state index contributed by atoms with van der Waals surface area (Å²) in [5.41, 5.74) is 0.768. The van der Waals surface area contributed by atoms with E-state index in [0.717, 1.165) is 24.7 Å². The van der Waals surface area contributed by atoms with Gasteiger partial charge in [0.1, 0.15) is 11.6 Å². The van der Waals surface area contributed by atoms with Gasteiger partial charge >= 0.3 is 0 Å². The monoisotopic (exact) mass is 278 g/mol. The van der Waals surface area contributed by atoms with Gasteiger partial charge in [-0.05, 0) is 38.3 Å². The van der Waals surface area contributed by atoms with Gasteiger partial charge in [-0.15, -0.1) is 0 Å². The molecule has 1 unspecified atom stereocenters. The van der Waals surface area contributed by atoms with E-state index in [0.29, 0.717) is 18.3 Å². The summed E-state index contributed by atoms with van der Waals surface area (Å²) in [7, 11) is 1.56. The van der Waals surface area contributed by atoms with Crippen LogP contribution in [0.3, 0.4) is 0 Å². The molecule has 1 aliphatic heterocycles. The van der Waals surface area contributed by atoms with E-state index in [2.05, 4.69) is 10.2 Å². The topological polar surface area (TPSA) is 24.5 Å². The summed E-state index contributed by atoms with van der Waals surface area (Å²) >= 11 is 0. The standard InChI is InChI=1S/C16H23FN2O/c1-20-15-7-4-12(16(17)9-15)11-19-8-2-3-14(19)10-18-13-5-6-13/h4,7,9,13-14,18H,2-3,5-6,8,10-11H2,1H3. The number of methoxy groups -OCH3 is 1. The van der Waals surface area contributed by atoms with Gasteiger partial charge in [-0.2, -0.15) is 0 Å². The number of nitrogens with one attached hydrogen (secondary N) is 1. The molecule has 0 radical (unpaired) electrons. The van der Waals surface area contributed by atoms with E-state index < -0.39 is 0 Å². The molecule has 1 aromatic carbocycles. The summed E-state index contributed by atoms with van der Waals surface area (Å²) in [5.74, 6) is 0.421. The Morgan fingerprint density at radius 3 is 2.90 bits per heavy atom. The van der Waals surface area contributed by atoms with Gasteiger partial charge in [0.25, 0.3) is 0 Å². The van der Waals surface area contributed by atoms with Crippen LogP contribution in [0.2, 0.25) is 0 Å². The molecule has 3 nitrogen and oxygen atoms in total. The Bertz CT molecular complexity index is 462. The largest absolute Gasteiger partial charge is 0.497 e. The van der Waals surface area contributed by atoms with Gasteiger partial charge in [-0.25, -0.2) is 4.39 Å². The highest BCUT2D eigenvalue weighted by Gasteiger charge is 2.28. The predicted molar refractivity (Wildman–Crippen MR) is 77.4 cm³/mol. The minimum absolute atomic E-state index is 0.162. The van der Waals surface area contributed by atoms with Gasteiger partial charge < -0.3 is 10.1 Å². The maximum Gasteiger partial charge on any atom is 0.131 e. The van der Waals surface area contributed by atoms with Crippen LogP contribution in [0.5, 0.6) is 5.75 Å². The summed E-state index contributed by atoms with van der Waals surface area (Å²) in [5, 5.41) is 3.59. The lowest BCUT2D eigenvalue weighted by Gasteiger charge is -2.25. The summed E-state index contributed by atoms with van der Waals surface area (Å²) in [6, 6.07) is 6.46. The lowest BCUT2D eigenvalue weighted by Crippen LogP contribution is -2.38. The molecule has 0 spiro atoms. The normalized spacial score (nSPS) is 23.2. The second kappa shape index (κ2) is 6.10. The second-order valence-corrected chi connectivity index (χ2v) is 5.91. The van der Waals surface area contributed by atoms with Crippen molar-refractivity contribution in [3.8, 4) is 5.75 Å². The van der Waals surface area contributed by atoms with Gasteiger partial charge in [0.05, 0.1) is 7.11 Å². The first-order valence-corrected chi connectivity index (χ1v) is 7.56. The molecule has 2 aliphatic rings. The van der Waals surface area contributed by atoms with E-state index in [-0.39, 0.29) is 5.82 Å². The molecule has 1 saturated heterocycles. The van der Waals surface area contributed by atoms with Gasteiger partial charge in [0.2, 0.25) is 0 Å². The van der Waals surface area contributed by atoms with Crippen molar-refractivity contribution in [3.05, 3.63) is 29.6 Å². The van der Waals surface area contributed by atoms with Crippen LogP contribution in [0, 0.1) is 5.82 Å². The Labute approximate surface area is 120 Å². The molecule has 1 heterocycles. The molecule has 20 heavy (non-hydrogen) atoms. The van der Waals surface area contributed by atoms with E-state index in [4.69, 9.17) is 4.74 Å². The van der Waals surface area contributed by atoms with Crippen molar-refractivity contribution >= 4 is 0 Å². The molecule has 1 N–H and O–H groups in total. The Morgan fingerprint density at radius 1 is 1.35 bits per heavy atom. The first kappa shape index (κ1) is 13.8. The number of ether oxygens (including phenoxy) is 1.